The highest BCUT2D eigenvalue weighted by atomic mass is 16.3. The molecular formula is C34H72N10O8. The van der Waals surface area contributed by atoms with Crippen LogP contribution in [0.3, 0.4) is 0 Å². The van der Waals surface area contributed by atoms with Gasteiger partial charge in [-0.05, 0) is 23.7 Å². The first-order chi connectivity index (χ1) is 24.5. The van der Waals surface area contributed by atoms with Crippen molar-refractivity contribution in [3.05, 3.63) is 0 Å². The van der Waals surface area contributed by atoms with Crippen molar-refractivity contribution in [2.45, 2.75) is 77.8 Å². The quantitative estimate of drug-likeness (QED) is 0.0318. The van der Waals surface area contributed by atoms with Crippen molar-refractivity contribution in [1.29, 1.82) is 0 Å². The largest absolute Gasteiger partial charge is 0.390 e. The van der Waals surface area contributed by atoms with Crippen LogP contribution in [0.2, 0.25) is 0 Å². The van der Waals surface area contributed by atoms with Gasteiger partial charge in [-0.1, -0.05) is 27.7 Å². The molecule has 18 nitrogen and oxygen atoms in total. The molecule has 0 aromatic carbocycles. The van der Waals surface area contributed by atoms with E-state index in [4.69, 9.17) is 22.9 Å². The number of carbonyl (C=O) groups excluding carboxylic acids is 4. The van der Waals surface area contributed by atoms with Crippen LogP contribution in [0.5, 0.6) is 0 Å². The van der Waals surface area contributed by atoms with E-state index >= 15 is 0 Å². The molecule has 0 rings (SSSR count). The Morgan fingerprint density at radius 1 is 0.442 bits per heavy atom. The summed E-state index contributed by atoms with van der Waals surface area (Å²) < 4.78 is 0. The standard InChI is InChI=1S/C34H72N10O8/c1-23(7-31(49)39-15-27(45)11-35)19-43(20-24(2)8-32(50)40-16-28(46)12-36)5-6-44(21-25(3)9-33(51)41-17-29(47)13-37)22-26(4)10-34(52)42-18-30(48)14-38/h23-30,45-48H,5-22,35-38H2,1-4H3,(H,39,49)(H,40,50)(H,41,51)(H,42,52). The van der Waals surface area contributed by atoms with Gasteiger partial charge in [-0.15, -0.1) is 0 Å². The van der Waals surface area contributed by atoms with Crippen molar-refractivity contribution in [2.24, 2.45) is 46.6 Å². The zero-order valence-corrected chi connectivity index (χ0v) is 32.0. The van der Waals surface area contributed by atoms with Gasteiger partial charge in [-0.25, -0.2) is 0 Å². The van der Waals surface area contributed by atoms with Crippen LogP contribution in [0.4, 0.5) is 0 Å². The number of rotatable bonds is 31. The monoisotopic (exact) mass is 749 g/mol. The minimum Gasteiger partial charge on any atom is -0.390 e. The average molecular weight is 749 g/mol. The molecule has 0 spiro atoms. The summed E-state index contributed by atoms with van der Waals surface area (Å²) >= 11 is 0. The summed E-state index contributed by atoms with van der Waals surface area (Å²) in [7, 11) is 0. The fourth-order valence-corrected chi connectivity index (χ4v) is 5.63. The number of amides is 4. The lowest BCUT2D eigenvalue weighted by Crippen LogP contribution is -2.44. The molecule has 52 heavy (non-hydrogen) atoms. The Hall–Kier alpha value is -2.52. The van der Waals surface area contributed by atoms with Gasteiger partial charge in [0.2, 0.25) is 23.6 Å². The second-order valence-electron chi connectivity index (χ2n) is 14.5. The van der Waals surface area contributed by atoms with E-state index in [1.807, 2.05) is 27.7 Å². The van der Waals surface area contributed by atoms with Gasteiger partial charge < -0.3 is 74.4 Å². The Bertz CT molecular complexity index is 852. The highest BCUT2D eigenvalue weighted by Crippen LogP contribution is 2.14. The van der Waals surface area contributed by atoms with E-state index in [2.05, 4.69) is 31.1 Å². The molecule has 0 radical (unpaired) electrons. The number of hydrogen-bond acceptors (Lipinski definition) is 14. The van der Waals surface area contributed by atoms with Crippen LogP contribution in [0.1, 0.15) is 53.4 Å². The van der Waals surface area contributed by atoms with E-state index in [1.165, 1.54) is 0 Å². The van der Waals surface area contributed by atoms with Crippen LogP contribution in [0.25, 0.3) is 0 Å². The van der Waals surface area contributed by atoms with Crippen molar-refractivity contribution < 1.29 is 39.6 Å². The summed E-state index contributed by atoms with van der Waals surface area (Å²) in [6, 6.07) is 0. The van der Waals surface area contributed by atoms with Gasteiger partial charge in [-0.3, -0.25) is 19.2 Å². The first-order valence-electron chi connectivity index (χ1n) is 18.5. The van der Waals surface area contributed by atoms with Gasteiger partial charge in [0.25, 0.3) is 0 Å². The van der Waals surface area contributed by atoms with E-state index in [0.29, 0.717) is 39.3 Å². The summed E-state index contributed by atoms with van der Waals surface area (Å²) in [5, 5.41) is 49.7. The van der Waals surface area contributed by atoms with E-state index in [1.54, 1.807) is 0 Å². The molecule has 8 atom stereocenters. The highest BCUT2D eigenvalue weighted by Gasteiger charge is 2.22. The molecular weight excluding hydrogens is 676 g/mol. The number of aliphatic hydroxyl groups excluding tert-OH is 4. The first-order valence-corrected chi connectivity index (χ1v) is 18.5. The van der Waals surface area contributed by atoms with Gasteiger partial charge in [0.05, 0.1) is 24.4 Å². The van der Waals surface area contributed by atoms with E-state index in [9.17, 15) is 39.6 Å². The zero-order valence-electron chi connectivity index (χ0n) is 32.0. The van der Waals surface area contributed by atoms with Crippen molar-refractivity contribution >= 4 is 23.6 Å². The molecule has 0 saturated carbocycles. The topological polar surface area (TPSA) is 308 Å². The SMILES string of the molecule is CC(CC(=O)NCC(O)CN)CN(CCN(CC(C)CC(=O)NCC(O)CN)CC(C)CC(=O)NCC(O)CN)CC(C)CC(=O)NCC(O)CN. The first kappa shape index (κ1) is 49.5. The van der Waals surface area contributed by atoms with Crippen LogP contribution in [0.15, 0.2) is 0 Å². The van der Waals surface area contributed by atoms with Crippen molar-refractivity contribution in [3.63, 3.8) is 0 Å². The number of aliphatic hydroxyl groups is 4. The normalized spacial score (nSPS) is 16.3. The minimum atomic E-state index is -0.822. The molecule has 16 N–H and O–H groups in total. The van der Waals surface area contributed by atoms with Gasteiger partial charge >= 0.3 is 0 Å². The highest BCUT2D eigenvalue weighted by molar-refractivity contribution is 5.77. The van der Waals surface area contributed by atoms with E-state index < -0.39 is 24.4 Å². The Morgan fingerprint density at radius 3 is 0.808 bits per heavy atom. The second kappa shape index (κ2) is 28.9. The lowest BCUT2D eigenvalue weighted by Gasteiger charge is -2.33. The second-order valence-corrected chi connectivity index (χ2v) is 14.5. The van der Waals surface area contributed by atoms with Crippen LogP contribution in [0, 0.1) is 23.7 Å². The van der Waals surface area contributed by atoms with Crippen LogP contribution in [-0.2, 0) is 19.2 Å². The molecule has 0 aromatic rings. The predicted molar refractivity (Wildman–Crippen MR) is 200 cm³/mol. The number of carbonyl (C=O) groups is 4. The summed E-state index contributed by atoms with van der Waals surface area (Å²) in [4.78, 5) is 54.7. The number of hydrogen-bond donors (Lipinski definition) is 12. The molecule has 0 aliphatic rings. The Kier molecular flexibility index (Phi) is 27.5. The maximum absolute atomic E-state index is 12.6. The summed E-state index contributed by atoms with van der Waals surface area (Å²) in [5.74, 6) is -1.09. The third-order valence-corrected chi connectivity index (χ3v) is 8.38. The Morgan fingerprint density at radius 2 is 0.635 bits per heavy atom. The molecule has 8 unspecified atom stereocenters. The van der Waals surface area contributed by atoms with Crippen LogP contribution < -0.4 is 44.2 Å². The molecule has 0 aliphatic heterocycles. The lowest BCUT2D eigenvalue weighted by atomic mass is 10.0. The Labute approximate surface area is 310 Å². The van der Waals surface area contributed by atoms with Crippen LogP contribution in [-0.4, -0.2) is 170 Å². The molecule has 0 fully saturated rings. The van der Waals surface area contributed by atoms with E-state index in [-0.39, 0.29) is 125 Å². The molecule has 0 saturated heterocycles. The number of nitrogens with one attached hydrogen (secondary N) is 4. The molecule has 0 aliphatic carbocycles. The van der Waals surface area contributed by atoms with Gasteiger partial charge in [0.15, 0.2) is 0 Å². The summed E-state index contributed by atoms with van der Waals surface area (Å²) in [5.41, 5.74) is 21.8. The molecule has 0 heterocycles. The number of nitrogens with zero attached hydrogens (tertiary/aromatic N) is 2. The van der Waals surface area contributed by atoms with Crippen molar-refractivity contribution in [1.82, 2.24) is 31.1 Å². The molecule has 18 heteroatoms. The third kappa shape index (κ3) is 26.3. The Balaban J connectivity index is 5.80. The molecule has 4 amide bonds. The fraction of sp³-hybridized carbons (Fsp3) is 0.882. The minimum absolute atomic E-state index is 0.0398. The fourth-order valence-electron chi connectivity index (χ4n) is 5.63. The smallest absolute Gasteiger partial charge is 0.220 e. The van der Waals surface area contributed by atoms with Crippen molar-refractivity contribution in [2.75, 3.05) is 91.6 Å². The van der Waals surface area contributed by atoms with E-state index in [0.717, 1.165) is 0 Å². The van der Waals surface area contributed by atoms with Gasteiger partial charge in [0.1, 0.15) is 0 Å². The maximum atomic E-state index is 12.6. The molecule has 0 aromatic heterocycles. The predicted octanol–water partition coefficient (Wildman–Crippen LogP) is -4.56. The summed E-state index contributed by atoms with van der Waals surface area (Å²) in [6.07, 6.45) is -2.40. The zero-order chi connectivity index (χ0) is 39.6. The average Bonchev–Trinajstić information content (AvgIpc) is 3.08. The maximum Gasteiger partial charge on any atom is 0.220 e. The van der Waals surface area contributed by atoms with Crippen LogP contribution >= 0.6 is 0 Å². The third-order valence-electron chi connectivity index (χ3n) is 8.38. The summed E-state index contributed by atoms with van der Waals surface area (Å²) in [6.45, 7) is 11.6. The molecule has 0 bridgehead atoms. The molecule has 306 valence electrons. The number of nitrogens with two attached hydrogens (primary N) is 4. The van der Waals surface area contributed by atoms with Crippen molar-refractivity contribution in [3.8, 4) is 0 Å². The van der Waals surface area contributed by atoms with Gasteiger partial charge in [0, 0.05) is 117 Å². The van der Waals surface area contributed by atoms with Gasteiger partial charge in [-0.2, -0.15) is 0 Å². The lowest BCUT2D eigenvalue weighted by molar-refractivity contribution is -0.123.